The Morgan fingerprint density at radius 1 is 0.520 bits per heavy atom. The summed E-state index contributed by atoms with van der Waals surface area (Å²) in [6, 6.07) is 35.3. The zero-order valence-corrected chi connectivity index (χ0v) is 28.5. The molecule has 4 heteroatoms. The molecule has 10 aromatic rings. The van der Waals surface area contributed by atoms with Crippen LogP contribution in [-0.4, -0.2) is 9.13 Å². The number of allylic oxidation sites excluding steroid dienone is 1. The second kappa shape index (κ2) is 9.79. The number of hydrogen-bond donors (Lipinski definition) is 0. The molecule has 1 aliphatic rings. The van der Waals surface area contributed by atoms with E-state index in [1.807, 2.05) is 0 Å². The van der Waals surface area contributed by atoms with E-state index >= 15 is 0 Å². The van der Waals surface area contributed by atoms with Crippen molar-refractivity contribution in [1.29, 1.82) is 0 Å². The van der Waals surface area contributed by atoms with Crippen LogP contribution in [0.15, 0.2) is 112 Å². The van der Waals surface area contributed by atoms with E-state index in [9.17, 15) is 0 Å². The summed E-state index contributed by atoms with van der Waals surface area (Å²) in [7, 11) is 0. The van der Waals surface area contributed by atoms with Gasteiger partial charge in [0, 0.05) is 71.5 Å². The molecular weight excluding hydrogens is 613 g/mol. The van der Waals surface area contributed by atoms with Gasteiger partial charge in [0.2, 0.25) is 0 Å². The quantitative estimate of drug-likeness (QED) is 0.187. The van der Waals surface area contributed by atoms with Gasteiger partial charge < -0.3 is 18.0 Å². The average molecular weight is 647 g/mol. The molecule has 50 heavy (non-hydrogen) atoms. The lowest BCUT2D eigenvalue weighted by molar-refractivity contribution is 0.659. The number of furan rings is 2. The van der Waals surface area contributed by atoms with E-state index in [1.165, 1.54) is 60.8 Å². The zero-order valence-electron chi connectivity index (χ0n) is 28.5. The fourth-order valence-corrected chi connectivity index (χ4v) is 9.08. The standard InChI is InChI=1S/C46H34N2O2/c1-25-21-41-33(23-39(25)47-35-17-9-5-13-29(35)30-14-6-10-18-36(30)47)43-27(3)46-44(28(4)45(43)49-41)34-24-40(26(2)22-42(34)50-46)48-37-19-11-7-15-31(37)32-16-8-12-20-38(32)48/h5-11,13-19,21-24H,12,20H2,1-4H3. The maximum absolute atomic E-state index is 6.82. The van der Waals surface area contributed by atoms with E-state index in [2.05, 4.69) is 146 Å². The predicted octanol–water partition coefficient (Wildman–Crippen LogP) is 12.7. The third-order valence-electron chi connectivity index (χ3n) is 11.4. The number of rotatable bonds is 2. The lowest BCUT2D eigenvalue weighted by Gasteiger charge is -2.16. The molecular formula is C46H34N2O2. The summed E-state index contributed by atoms with van der Waals surface area (Å²) in [5, 5.41) is 8.33. The molecule has 4 aromatic heterocycles. The number of benzene rings is 6. The van der Waals surface area contributed by atoms with Crippen LogP contribution in [-0.2, 0) is 6.42 Å². The summed E-state index contributed by atoms with van der Waals surface area (Å²) in [6.45, 7) is 8.78. The van der Waals surface area contributed by atoms with Crippen molar-refractivity contribution in [1.82, 2.24) is 9.13 Å². The Balaban J connectivity index is 1.19. The van der Waals surface area contributed by atoms with Gasteiger partial charge in [-0.2, -0.15) is 0 Å². The van der Waals surface area contributed by atoms with Gasteiger partial charge in [0.15, 0.2) is 0 Å². The van der Waals surface area contributed by atoms with Crippen LogP contribution in [0.3, 0.4) is 0 Å². The smallest absolute Gasteiger partial charge is 0.139 e. The number of aromatic nitrogens is 2. The van der Waals surface area contributed by atoms with Crippen LogP contribution in [0.25, 0.3) is 94.0 Å². The first kappa shape index (κ1) is 27.9. The molecule has 0 atom stereocenters. The van der Waals surface area contributed by atoms with Gasteiger partial charge in [0.25, 0.3) is 0 Å². The lowest BCUT2D eigenvalue weighted by atomic mass is 9.97. The number of fused-ring (bicyclic) bond motifs is 12. The summed E-state index contributed by atoms with van der Waals surface area (Å²) >= 11 is 0. The first-order valence-electron chi connectivity index (χ1n) is 17.6. The van der Waals surface area contributed by atoms with Gasteiger partial charge >= 0.3 is 0 Å². The van der Waals surface area contributed by atoms with Crippen molar-refractivity contribution in [2.75, 3.05) is 0 Å². The van der Waals surface area contributed by atoms with Gasteiger partial charge in [-0.25, -0.2) is 0 Å². The number of hydrogen-bond acceptors (Lipinski definition) is 2. The normalized spacial score (nSPS) is 13.4. The van der Waals surface area contributed by atoms with Crippen molar-refractivity contribution in [2.24, 2.45) is 0 Å². The molecule has 0 bridgehead atoms. The minimum absolute atomic E-state index is 0.903. The van der Waals surface area contributed by atoms with E-state index in [4.69, 9.17) is 8.83 Å². The fraction of sp³-hybridized carbons (Fsp3) is 0.130. The lowest BCUT2D eigenvalue weighted by Crippen LogP contribution is -2.04. The molecule has 11 rings (SSSR count). The van der Waals surface area contributed by atoms with Crippen LogP contribution in [0.2, 0.25) is 0 Å². The van der Waals surface area contributed by atoms with Crippen molar-refractivity contribution in [3.8, 4) is 11.4 Å². The Morgan fingerprint density at radius 3 is 1.56 bits per heavy atom. The van der Waals surface area contributed by atoms with Crippen LogP contribution in [0.4, 0.5) is 0 Å². The Bertz CT molecular complexity index is 3080. The monoisotopic (exact) mass is 646 g/mol. The Kier molecular flexibility index (Phi) is 5.47. The van der Waals surface area contributed by atoms with Gasteiger partial charge in [-0.15, -0.1) is 0 Å². The van der Waals surface area contributed by atoms with Gasteiger partial charge in [0.05, 0.1) is 16.6 Å². The van der Waals surface area contributed by atoms with Crippen molar-refractivity contribution in [2.45, 2.75) is 40.5 Å². The molecule has 4 nitrogen and oxygen atoms in total. The minimum Gasteiger partial charge on any atom is -0.456 e. The van der Waals surface area contributed by atoms with Crippen molar-refractivity contribution < 1.29 is 8.83 Å². The predicted molar refractivity (Wildman–Crippen MR) is 208 cm³/mol. The van der Waals surface area contributed by atoms with E-state index < -0.39 is 0 Å². The molecule has 0 radical (unpaired) electrons. The Morgan fingerprint density at radius 2 is 1.00 bits per heavy atom. The van der Waals surface area contributed by atoms with Gasteiger partial charge in [-0.1, -0.05) is 66.7 Å². The molecule has 0 unspecified atom stereocenters. The fourth-order valence-electron chi connectivity index (χ4n) is 9.08. The summed E-state index contributed by atoms with van der Waals surface area (Å²) in [6.07, 6.45) is 6.69. The molecule has 0 saturated heterocycles. The molecule has 0 amide bonds. The second-order valence-corrected chi connectivity index (χ2v) is 14.2. The van der Waals surface area contributed by atoms with Gasteiger partial charge in [0.1, 0.15) is 22.3 Å². The van der Waals surface area contributed by atoms with Crippen molar-refractivity contribution in [3.05, 3.63) is 137 Å². The third-order valence-corrected chi connectivity index (χ3v) is 11.4. The maximum Gasteiger partial charge on any atom is 0.139 e. The van der Waals surface area contributed by atoms with E-state index in [0.717, 1.165) is 73.5 Å². The van der Waals surface area contributed by atoms with E-state index in [0.29, 0.717) is 0 Å². The Labute approximate surface area is 288 Å². The largest absolute Gasteiger partial charge is 0.456 e. The van der Waals surface area contributed by atoms with Gasteiger partial charge in [-0.05, 0) is 94.1 Å². The molecule has 6 aromatic carbocycles. The first-order chi connectivity index (χ1) is 24.5. The highest BCUT2D eigenvalue weighted by Gasteiger charge is 2.25. The molecule has 4 heterocycles. The zero-order chi connectivity index (χ0) is 33.4. The van der Waals surface area contributed by atoms with E-state index in [1.54, 1.807) is 0 Å². The molecule has 240 valence electrons. The summed E-state index contributed by atoms with van der Waals surface area (Å²) in [5.74, 6) is 0. The highest BCUT2D eigenvalue weighted by molar-refractivity contribution is 6.20. The van der Waals surface area contributed by atoms with Crippen LogP contribution in [0.5, 0.6) is 0 Å². The van der Waals surface area contributed by atoms with Crippen LogP contribution < -0.4 is 0 Å². The summed E-state index contributed by atoms with van der Waals surface area (Å²) in [5.41, 5.74) is 17.0. The SMILES string of the molecule is Cc1cc2oc3c(C)c4c(oc5cc(C)c(-n6c7ccccc7c7ccccc76)cc54)c(C)c3c2cc1-n1c2c(c3ccccc31)C=CCC2. The molecule has 0 aliphatic heterocycles. The molecule has 1 aliphatic carbocycles. The highest BCUT2D eigenvalue weighted by Crippen LogP contribution is 2.45. The average Bonchev–Trinajstić information content (AvgIpc) is 3.88. The second-order valence-electron chi connectivity index (χ2n) is 14.2. The van der Waals surface area contributed by atoms with Gasteiger partial charge in [-0.3, -0.25) is 0 Å². The van der Waals surface area contributed by atoms with Crippen LogP contribution in [0.1, 0.15) is 39.9 Å². The van der Waals surface area contributed by atoms with E-state index in [-0.39, 0.29) is 0 Å². The molecule has 0 saturated carbocycles. The number of aryl methyl sites for hydroxylation is 4. The van der Waals surface area contributed by atoms with Crippen molar-refractivity contribution >= 4 is 82.7 Å². The van der Waals surface area contributed by atoms with Crippen molar-refractivity contribution in [3.63, 3.8) is 0 Å². The molecule has 0 fully saturated rings. The topological polar surface area (TPSA) is 36.1 Å². The Hall–Kier alpha value is -6.00. The minimum atomic E-state index is 0.903. The third kappa shape index (κ3) is 3.50. The van der Waals surface area contributed by atoms with Crippen LogP contribution >= 0.6 is 0 Å². The summed E-state index contributed by atoms with van der Waals surface area (Å²) < 4.78 is 18.5. The van der Waals surface area contributed by atoms with Crippen LogP contribution in [0, 0.1) is 27.7 Å². The molecule has 0 N–H and O–H groups in total. The maximum atomic E-state index is 6.82. The number of para-hydroxylation sites is 3. The molecule has 0 spiro atoms. The number of nitrogens with zero attached hydrogens (tertiary/aromatic N) is 2. The summed E-state index contributed by atoms with van der Waals surface area (Å²) in [4.78, 5) is 0. The highest BCUT2D eigenvalue weighted by atomic mass is 16.3. The first-order valence-corrected chi connectivity index (χ1v) is 17.6.